The van der Waals surface area contributed by atoms with Crippen molar-refractivity contribution in [3.8, 4) is 5.75 Å². The number of pyridine rings is 1. The van der Waals surface area contributed by atoms with Crippen LogP contribution in [0.5, 0.6) is 5.75 Å². The fraction of sp³-hybridized carbons (Fsp3) is 0.346. The van der Waals surface area contributed by atoms with Crippen molar-refractivity contribution in [2.75, 3.05) is 51.3 Å². The van der Waals surface area contributed by atoms with Gasteiger partial charge in [0.05, 0.1) is 7.11 Å². The maximum absolute atomic E-state index is 13.0. The van der Waals surface area contributed by atoms with Gasteiger partial charge in [-0.05, 0) is 71.4 Å². The van der Waals surface area contributed by atoms with E-state index in [1.54, 1.807) is 23.8 Å². The minimum absolute atomic E-state index is 0.0685. The van der Waals surface area contributed by atoms with Crippen molar-refractivity contribution in [3.05, 3.63) is 69.7 Å². The Labute approximate surface area is 217 Å². The number of rotatable bonds is 8. The predicted octanol–water partition coefficient (Wildman–Crippen LogP) is 2.75. The van der Waals surface area contributed by atoms with Gasteiger partial charge >= 0.3 is 0 Å². The van der Waals surface area contributed by atoms with Gasteiger partial charge in [-0.2, -0.15) is 0 Å². The second kappa shape index (κ2) is 10.7. The number of benzene rings is 1. The number of fused-ring (bicyclic) bond motifs is 3. The smallest absolute Gasteiger partial charge is 0.276 e. The van der Waals surface area contributed by atoms with E-state index in [4.69, 9.17) is 4.74 Å². The highest BCUT2D eigenvalue weighted by Crippen LogP contribution is 2.23. The fourth-order valence-corrected chi connectivity index (χ4v) is 5.21. The van der Waals surface area contributed by atoms with Crippen LogP contribution in [-0.2, 0) is 11.3 Å². The van der Waals surface area contributed by atoms with Crippen LogP contribution in [0.1, 0.15) is 6.42 Å². The van der Waals surface area contributed by atoms with Gasteiger partial charge in [-0.3, -0.25) is 19.1 Å². The Balaban J connectivity index is 1.12. The summed E-state index contributed by atoms with van der Waals surface area (Å²) in [6, 6.07) is 13.6. The molecule has 4 aromatic rings. The lowest BCUT2D eigenvalue weighted by Gasteiger charge is -2.36. The van der Waals surface area contributed by atoms with Crippen molar-refractivity contribution in [3.63, 3.8) is 0 Å². The molecule has 0 aliphatic carbocycles. The molecular weight excluding hydrogens is 524 g/mol. The second-order valence-corrected chi connectivity index (χ2v) is 9.70. The molecule has 1 N–H and O–H groups in total. The van der Waals surface area contributed by atoms with Crippen LogP contribution < -0.4 is 20.5 Å². The number of ether oxygens (including phenoxy) is 1. The van der Waals surface area contributed by atoms with Gasteiger partial charge in [0.25, 0.3) is 5.56 Å². The number of hydrogen-bond donors (Lipinski definition) is 1. The third-order valence-corrected chi connectivity index (χ3v) is 7.29. The Morgan fingerprint density at radius 2 is 1.89 bits per heavy atom. The monoisotopic (exact) mass is 552 g/mol. The summed E-state index contributed by atoms with van der Waals surface area (Å²) in [4.78, 5) is 35.0. The Bertz CT molecular complexity index is 1420. The Morgan fingerprint density at radius 1 is 1.11 bits per heavy atom. The van der Waals surface area contributed by atoms with Gasteiger partial charge in [0.15, 0.2) is 5.65 Å². The number of piperazine rings is 1. The normalized spacial score (nSPS) is 14.4. The molecule has 0 radical (unpaired) electrons. The number of anilines is 1. The lowest BCUT2D eigenvalue weighted by molar-refractivity contribution is -0.121. The summed E-state index contributed by atoms with van der Waals surface area (Å²) in [6.07, 6.45) is 4.31. The molecule has 9 nitrogen and oxygen atoms in total. The number of carbonyl (C=O) groups is 1. The van der Waals surface area contributed by atoms with E-state index in [2.05, 4.69) is 48.2 Å². The minimum Gasteiger partial charge on any atom is -0.497 e. The molecule has 1 aromatic carbocycles. The average molecular weight is 553 g/mol. The predicted molar refractivity (Wildman–Crippen MR) is 144 cm³/mol. The molecule has 1 fully saturated rings. The van der Waals surface area contributed by atoms with Gasteiger partial charge in [-0.15, -0.1) is 0 Å². The molecule has 0 saturated carbocycles. The van der Waals surface area contributed by atoms with Gasteiger partial charge in [0, 0.05) is 55.3 Å². The first-order valence-corrected chi connectivity index (χ1v) is 12.9. The standard InChI is InChI=1S/C26H29BrN6O3/c1-36-20-7-5-19(6-8-20)31-16-14-30(15-17-31)12-3-10-28-23(34)18-33-25-24(21(27)9-11-29-25)32-13-2-4-22(32)26(33)35/h2,4-9,11,13H,3,10,12,14-18H2,1H3,(H,28,34). The number of carbonyl (C=O) groups excluding carboxylic acids is 1. The zero-order valence-corrected chi connectivity index (χ0v) is 21.8. The lowest BCUT2D eigenvalue weighted by atomic mass is 10.2. The topological polar surface area (TPSA) is 84.1 Å². The van der Waals surface area contributed by atoms with Gasteiger partial charge in [-0.1, -0.05) is 0 Å². The van der Waals surface area contributed by atoms with Crippen molar-refractivity contribution >= 4 is 44.2 Å². The van der Waals surface area contributed by atoms with Crippen LogP contribution in [0, 0.1) is 0 Å². The van der Waals surface area contributed by atoms with E-state index in [0.29, 0.717) is 17.7 Å². The highest BCUT2D eigenvalue weighted by molar-refractivity contribution is 9.10. The number of hydrogen-bond acceptors (Lipinski definition) is 6. The van der Waals surface area contributed by atoms with E-state index in [0.717, 1.165) is 54.9 Å². The Hall–Kier alpha value is -3.37. The summed E-state index contributed by atoms with van der Waals surface area (Å²) >= 11 is 3.55. The third kappa shape index (κ3) is 4.96. The van der Waals surface area contributed by atoms with Crippen LogP contribution in [0.25, 0.3) is 16.7 Å². The van der Waals surface area contributed by atoms with Crippen LogP contribution in [0.3, 0.4) is 0 Å². The van der Waals surface area contributed by atoms with E-state index in [1.807, 2.05) is 30.5 Å². The largest absolute Gasteiger partial charge is 0.497 e. The van der Waals surface area contributed by atoms with Gasteiger partial charge in [-0.25, -0.2) is 4.98 Å². The molecule has 10 heteroatoms. The number of nitrogens with zero attached hydrogens (tertiary/aromatic N) is 5. The third-order valence-electron chi connectivity index (χ3n) is 6.65. The van der Waals surface area contributed by atoms with Crippen LogP contribution in [0.4, 0.5) is 5.69 Å². The number of aromatic nitrogens is 3. The SMILES string of the molecule is COc1ccc(N2CCN(CCCNC(=O)Cn3c(=O)c4cccn4c4c(Br)ccnc43)CC2)cc1. The van der Waals surface area contributed by atoms with E-state index in [-0.39, 0.29) is 18.0 Å². The minimum atomic E-state index is -0.233. The first-order valence-electron chi connectivity index (χ1n) is 12.1. The molecule has 1 amide bonds. The summed E-state index contributed by atoms with van der Waals surface area (Å²) in [5, 5.41) is 2.97. The molecule has 1 aliphatic heterocycles. The number of nitrogens with one attached hydrogen (secondary N) is 1. The number of methoxy groups -OCH3 is 1. The highest BCUT2D eigenvalue weighted by atomic mass is 79.9. The van der Waals surface area contributed by atoms with Crippen LogP contribution in [0.15, 0.2) is 64.1 Å². The van der Waals surface area contributed by atoms with Crippen molar-refractivity contribution in [1.29, 1.82) is 0 Å². The summed E-state index contributed by atoms with van der Waals surface area (Å²) in [5.74, 6) is 0.674. The molecule has 1 saturated heterocycles. The van der Waals surface area contributed by atoms with Crippen LogP contribution in [-0.4, -0.2) is 71.1 Å². The molecule has 3 aromatic heterocycles. The molecule has 0 atom stereocenters. The highest BCUT2D eigenvalue weighted by Gasteiger charge is 2.18. The average Bonchev–Trinajstić information content (AvgIpc) is 3.39. The van der Waals surface area contributed by atoms with Crippen molar-refractivity contribution in [2.24, 2.45) is 0 Å². The van der Waals surface area contributed by atoms with Gasteiger partial charge < -0.3 is 19.4 Å². The fourth-order valence-electron chi connectivity index (χ4n) is 4.72. The molecule has 1 aliphatic rings. The van der Waals surface area contributed by atoms with Crippen LogP contribution >= 0.6 is 15.9 Å². The number of amides is 1. The summed E-state index contributed by atoms with van der Waals surface area (Å²) < 4.78 is 9.31. The number of halogens is 1. The molecule has 36 heavy (non-hydrogen) atoms. The first kappa shape index (κ1) is 24.3. The van der Waals surface area contributed by atoms with Gasteiger partial charge in [0.2, 0.25) is 5.91 Å². The zero-order chi connectivity index (χ0) is 25.1. The quantitative estimate of drug-likeness (QED) is 0.338. The van der Waals surface area contributed by atoms with E-state index in [1.165, 1.54) is 10.3 Å². The molecule has 0 bridgehead atoms. The maximum Gasteiger partial charge on any atom is 0.276 e. The molecule has 0 spiro atoms. The van der Waals surface area contributed by atoms with Crippen molar-refractivity contribution in [1.82, 2.24) is 24.2 Å². The molecule has 4 heterocycles. The van der Waals surface area contributed by atoms with E-state index in [9.17, 15) is 9.59 Å². The Kier molecular flexibility index (Phi) is 7.24. The molecule has 188 valence electrons. The van der Waals surface area contributed by atoms with Gasteiger partial charge in [0.1, 0.15) is 23.3 Å². The zero-order valence-electron chi connectivity index (χ0n) is 20.2. The summed E-state index contributed by atoms with van der Waals surface area (Å²) in [6.45, 7) is 5.33. The lowest BCUT2D eigenvalue weighted by Crippen LogP contribution is -2.47. The molecular formula is C26H29BrN6O3. The van der Waals surface area contributed by atoms with Crippen molar-refractivity contribution < 1.29 is 9.53 Å². The summed E-state index contributed by atoms with van der Waals surface area (Å²) in [5.41, 5.74) is 2.73. The van der Waals surface area contributed by atoms with Crippen molar-refractivity contribution in [2.45, 2.75) is 13.0 Å². The summed E-state index contributed by atoms with van der Waals surface area (Å²) in [7, 11) is 1.68. The first-order chi connectivity index (χ1) is 17.5. The van der Waals surface area contributed by atoms with E-state index < -0.39 is 0 Å². The van der Waals surface area contributed by atoms with E-state index >= 15 is 0 Å². The molecule has 0 unspecified atom stereocenters. The Morgan fingerprint density at radius 3 is 2.64 bits per heavy atom. The maximum atomic E-state index is 13.0. The molecule has 5 rings (SSSR count). The van der Waals surface area contributed by atoms with Crippen LogP contribution in [0.2, 0.25) is 0 Å². The second-order valence-electron chi connectivity index (χ2n) is 8.85.